The van der Waals surface area contributed by atoms with Crippen LogP contribution in [0.4, 0.5) is 11.8 Å². The molecule has 2 aromatic heterocycles. The number of nitrogens with one attached hydrogen (secondary N) is 1. The largest absolute Gasteiger partial charge is 0.369 e. The molecule has 1 aliphatic carbocycles. The second-order valence-corrected chi connectivity index (χ2v) is 5.78. The highest BCUT2D eigenvalue weighted by Gasteiger charge is 2.15. The molecule has 6 nitrogen and oxygen atoms in total. The molecule has 0 radical (unpaired) electrons. The molecule has 2 heterocycles. The molecule has 1 aliphatic rings. The first-order chi connectivity index (χ1) is 10.2. The van der Waals surface area contributed by atoms with Crippen molar-refractivity contribution in [3.8, 4) is 11.1 Å². The molecule has 21 heavy (non-hydrogen) atoms. The summed E-state index contributed by atoms with van der Waals surface area (Å²) in [6.45, 7) is 0.948. The van der Waals surface area contributed by atoms with E-state index in [-0.39, 0.29) is 0 Å². The predicted octanol–water partition coefficient (Wildman–Crippen LogP) is 2.45. The van der Waals surface area contributed by atoms with Crippen LogP contribution in [0.2, 0.25) is 0 Å². The van der Waals surface area contributed by atoms with Crippen LogP contribution in [0.3, 0.4) is 0 Å². The Morgan fingerprint density at radius 3 is 2.81 bits per heavy atom. The molecule has 3 rings (SSSR count). The maximum absolute atomic E-state index is 5.74. The molecule has 1 saturated carbocycles. The minimum atomic E-state index is 0.300. The number of anilines is 2. The Bertz CT molecular complexity index is 600. The molecule has 6 heteroatoms. The van der Waals surface area contributed by atoms with E-state index in [2.05, 4.69) is 20.4 Å². The number of aryl methyl sites for hydroxylation is 1. The molecule has 0 amide bonds. The van der Waals surface area contributed by atoms with Crippen LogP contribution in [0.25, 0.3) is 11.1 Å². The summed E-state index contributed by atoms with van der Waals surface area (Å²) in [6.07, 6.45) is 12.2. The van der Waals surface area contributed by atoms with Gasteiger partial charge in [-0.1, -0.05) is 19.3 Å². The smallest absolute Gasteiger partial charge is 0.221 e. The van der Waals surface area contributed by atoms with Gasteiger partial charge in [-0.3, -0.25) is 4.68 Å². The zero-order valence-corrected chi connectivity index (χ0v) is 12.4. The fourth-order valence-electron chi connectivity index (χ4n) is 2.93. The van der Waals surface area contributed by atoms with Crippen LogP contribution in [-0.4, -0.2) is 26.3 Å². The molecule has 0 saturated heterocycles. The zero-order valence-electron chi connectivity index (χ0n) is 12.4. The van der Waals surface area contributed by atoms with Gasteiger partial charge >= 0.3 is 0 Å². The van der Waals surface area contributed by atoms with Crippen molar-refractivity contribution in [3.63, 3.8) is 0 Å². The molecule has 0 aromatic carbocycles. The highest BCUT2D eigenvalue weighted by molar-refractivity contribution is 5.74. The zero-order chi connectivity index (χ0) is 14.7. The van der Waals surface area contributed by atoms with Crippen LogP contribution in [0.15, 0.2) is 18.6 Å². The summed E-state index contributed by atoms with van der Waals surface area (Å²) in [5, 5.41) is 7.67. The van der Waals surface area contributed by atoms with Crippen molar-refractivity contribution in [3.05, 3.63) is 18.6 Å². The number of hydrogen-bond donors (Lipinski definition) is 2. The van der Waals surface area contributed by atoms with E-state index in [1.807, 2.05) is 19.4 Å². The summed E-state index contributed by atoms with van der Waals surface area (Å²) < 4.78 is 1.77. The van der Waals surface area contributed by atoms with Crippen LogP contribution >= 0.6 is 0 Å². The third kappa shape index (κ3) is 3.32. The first-order valence-corrected chi connectivity index (χ1v) is 7.58. The van der Waals surface area contributed by atoms with Crippen molar-refractivity contribution in [1.82, 2.24) is 19.7 Å². The highest BCUT2D eigenvalue weighted by Crippen LogP contribution is 2.28. The Morgan fingerprint density at radius 2 is 2.10 bits per heavy atom. The average molecular weight is 286 g/mol. The van der Waals surface area contributed by atoms with E-state index >= 15 is 0 Å². The van der Waals surface area contributed by atoms with Crippen LogP contribution in [0, 0.1) is 5.92 Å². The summed E-state index contributed by atoms with van der Waals surface area (Å²) in [7, 11) is 1.90. The lowest BCUT2D eigenvalue weighted by molar-refractivity contribution is 0.373. The fraction of sp³-hybridized carbons (Fsp3) is 0.533. The number of rotatable bonds is 4. The highest BCUT2D eigenvalue weighted by atomic mass is 15.2. The van der Waals surface area contributed by atoms with E-state index in [4.69, 9.17) is 5.73 Å². The van der Waals surface area contributed by atoms with Gasteiger partial charge in [0.15, 0.2) is 0 Å². The number of hydrogen-bond acceptors (Lipinski definition) is 5. The molecular weight excluding hydrogens is 264 g/mol. The van der Waals surface area contributed by atoms with E-state index in [1.165, 1.54) is 32.1 Å². The van der Waals surface area contributed by atoms with Crippen molar-refractivity contribution >= 4 is 11.8 Å². The van der Waals surface area contributed by atoms with Crippen molar-refractivity contribution in [1.29, 1.82) is 0 Å². The molecular formula is C15H22N6. The molecule has 0 atom stereocenters. The van der Waals surface area contributed by atoms with Gasteiger partial charge in [0.1, 0.15) is 5.82 Å². The molecule has 2 aromatic rings. The molecule has 3 N–H and O–H groups in total. The van der Waals surface area contributed by atoms with Crippen LogP contribution < -0.4 is 11.1 Å². The second-order valence-electron chi connectivity index (χ2n) is 5.78. The minimum Gasteiger partial charge on any atom is -0.369 e. The first kappa shape index (κ1) is 13.9. The number of nitrogens with zero attached hydrogens (tertiary/aromatic N) is 4. The normalized spacial score (nSPS) is 16.0. The third-order valence-electron chi connectivity index (χ3n) is 4.11. The molecule has 112 valence electrons. The number of nitrogens with two attached hydrogens (primary N) is 1. The quantitative estimate of drug-likeness (QED) is 0.902. The summed E-state index contributed by atoms with van der Waals surface area (Å²) in [5.41, 5.74) is 7.69. The molecule has 0 unspecified atom stereocenters. The Kier molecular flexibility index (Phi) is 4.03. The van der Waals surface area contributed by atoms with Gasteiger partial charge in [-0.15, -0.1) is 0 Å². The summed E-state index contributed by atoms with van der Waals surface area (Å²) >= 11 is 0. The lowest BCUT2D eigenvalue weighted by atomic mass is 9.89. The van der Waals surface area contributed by atoms with Gasteiger partial charge in [-0.2, -0.15) is 10.1 Å². The summed E-state index contributed by atoms with van der Waals surface area (Å²) in [4.78, 5) is 8.47. The van der Waals surface area contributed by atoms with Crippen molar-refractivity contribution in [2.45, 2.75) is 32.1 Å². The number of aromatic nitrogens is 4. The van der Waals surface area contributed by atoms with Gasteiger partial charge in [0.25, 0.3) is 0 Å². The molecule has 0 aliphatic heterocycles. The minimum absolute atomic E-state index is 0.300. The van der Waals surface area contributed by atoms with Crippen LogP contribution in [0.5, 0.6) is 0 Å². The topological polar surface area (TPSA) is 81.7 Å². The fourth-order valence-corrected chi connectivity index (χ4v) is 2.93. The SMILES string of the molecule is Cn1cc(-c2cnc(N)nc2NCC2CCCCC2)cn1. The molecule has 0 bridgehead atoms. The lowest BCUT2D eigenvalue weighted by Crippen LogP contribution is -2.18. The Balaban J connectivity index is 1.78. The van der Waals surface area contributed by atoms with Crippen molar-refractivity contribution in [2.75, 3.05) is 17.6 Å². The van der Waals surface area contributed by atoms with Crippen LogP contribution in [-0.2, 0) is 7.05 Å². The van der Waals surface area contributed by atoms with Gasteiger partial charge in [0.2, 0.25) is 5.95 Å². The standard InChI is InChI=1S/C15H22N6/c1-21-10-12(8-19-21)13-9-18-15(16)20-14(13)17-7-11-5-3-2-4-6-11/h8-11H,2-7H2,1H3,(H3,16,17,18,20). The maximum atomic E-state index is 5.74. The van der Waals surface area contributed by atoms with Crippen LogP contribution in [0.1, 0.15) is 32.1 Å². The Hall–Kier alpha value is -2.11. The Morgan fingerprint density at radius 1 is 1.29 bits per heavy atom. The molecule has 0 spiro atoms. The summed E-state index contributed by atoms with van der Waals surface area (Å²) in [5.74, 6) is 1.84. The third-order valence-corrected chi connectivity index (χ3v) is 4.11. The monoisotopic (exact) mass is 286 g/mol. The van der Waals surface area contributed by atoms with Gasteiger partial charge in [0.05, 0.1) is 6.20 Å². The van der Waals surface area contributed by atoms with E-state index in [0.29, 0.717) is 5.95 Å². The van der Waals surface area contributed by atoms with E-state index in [1.54, 1.807) is 10.9 Å². The van der Waals surface area contributed by atoms with Gasteiger partial charge in [-0.05, 0) is 18.8 Å². The second kappa shape index (κ2) is 6.11. The predicted molar refractivity (Wildman–Crippen MR) is 83.7 cm³/mol. The average Bonchev–Trinajstić information content (AvgIpc) is 2.93. The maximum Gasteiger partial charge on any atom is 0.221 e. The first-order valence-electron chi connectivity index (χ1n) is 7.58. The van der Waals surface area contributed by atoms with E-state index in [9.17, 15) is 0 Å². The van der Waals surface area contributed by atoms with Gasteiger partial charge in [0, 0.05) is 37.1 Å². The van der Waals surface area contributed by atoms with Gasteiger partial charge < -0.3 is 11.1 Å². The van der Waals surface area contributed by atoms with Gasteiger partial charge in [-0.25, -0.2) is 4.98 Å². The Labute approximate surface area is 124 Å². The van der Waals surface area contributed by atoms with E-state index < -0.39 is 0 Å². The lowest BCUT2D eigenvalue weighted by Gasteiger charge is -2.22. The number of nitrogen functional groups attached to an aromatic ring is 1. The molecule has 1 fully saturated rings. The summed E-state index contributed by atoms with van der Waals surface area (Å²) in [6, 6.07) is 0. The van der Waals surface area contributed by atoms with E-state index in [0.717, 1.165) is 29.4 Å². The van der Waals surface area contributed by atoms with Crippen molar-refractivity contribution < 1.29 is 0 Å². The van der Waals surface area contributed by atoms with Crippen molar-refractivity contribution in [2.24, 2.45) is 13.0 Å².